The summed E-state index contributed by atoms with van der Waals surface area (Å²) in [6.45, 7) is 5.85. The number of benzene rings is 2. The van der Waals surface area contributed by atoms with Gasteiger partial charge < -0.3 is 10.8 Å². The predicted molar refractivity (Wildman–Crippen MR) is 105 cm³/mol. The summed E-state index contributed by atoms with van der Waals surface area (Å²) in [5.74, 6) is -0.556. The Morgan fingerprint density at radius 2 is 1.63 bits per heavy atom. The van der Waals surface area contributed by atoms with Crippen molar-refractivity contribution in [1.82, 2.24) is 0 Å². The van der Waals surface area contributed by atoms with E-state index in [1.165, 1.54) is 0 Å². The number of aliphatic carboxylic acids is 1. The van der Waals surface area contributed by atoms with Crippen LogP contribution in [0.5, 0.6) is 0 Å². The summed E-state index contributed by atoms with van der Waals surface area (Å²) in [6.07, 6.45) is 0.551. The minimum absolute atomic E-state index is 0.0526. The third kappa shape index (κ3) is 8.81. The molecular formula is C20H27NO5S. The smallest absolute Gasteiger partial charge is 0.320 e. The van der Waals surface area contributed by atoms with Crippen LogP contribution in [0.1, 0.15) is 31.4 Å². The Labute approximate surface area is 161 Å². The number of aryl methyl sites for hydroxylation is 1. The van der Waals surface area contributed by atoms with Gasteiger partial charge in [-0.05, 0) is 37.0 Å². The number of hydrogen-bond donors (Lipinski definition) is 2. The molecule has 2 rings (SSSR count). The summed E-state index contributed by atoms with van der Waals surface area (Å²) in [4.78, 5) is 10.3. The quantitative estimate of drug-likeness (QED) is 0.699. The van der Waals surface area contributed by atoms with E-state index >= 15 is 0 Å². The molecule has 0 fully saturated rings. The Kier molecular flexibility index (Phi) is 9.14. The molecule has 0 aliphatic rings. The highest BCUT2D eigenvalue weighted by Gasteiger charge is 2.14. The summed E-state index contributed by atoms with van der Waals surface area (Å²) < 4.78 is 28.8. The molecule has 0 unspecified atom stereocenters. The molecule has 0 saturated carbocycles. The second kappa shape index (κ2) is 10.8. The Balaban J connectivity index is 0.000000345. The molecule has 0 aliphatic carbocycles. The largest absolute Gasteiger partial charge is 0.480 e. The first-order chi connectivity index (χ1) is 12.6. The van der Waals surface area contributed by atoms with Crippen molar-refractivity contribution in [2.45, 2.75) is 44.7 Å². The molecule has 0 bridgehead atoms. The van der Waals surface area contributed by atoms with Crippen LogP contribution in [-0.4, -0.2) is 25.5 Å². The van der Waals surface area contributed by atoms with Crippen molar-refractivity contribution in [2.75, 3.05) is 0 Å². The fourth-order valence-electron chi connectivity index (χ4n) is 2.10. The molecule has 0 saturated heterocycles. The zero-order chi connectivity index (χ0) is 20.4. The Morgan fingerprint density at radius 1 is 1.07 bits per heavy atom. The molecule has 0 amide bonds. The molecule has 3 N–H and O–H groups in total. The summed E-state index contributed by atoms with van der Waals surface area (Å²) in [5, 5.41) is 8.31. The lowest BCUT2D eigenvalue weighted by molar-refractivity contribution is -0.138. The lowest BCUT2D eigenvalue weighted by atomic mass is 10.1. The van der Waals surface area contributed by atoms with Crippen LogP contribution in [0, 0.1) is 12.8 Å². The fourth-order valence-corrected chi connectivity index (χ4v) is 3.00. The summed E-state index contributed by atoms with van der Waals surface area (Å²) >= 11 is 0. The van der Waals surface area contributed by atoms with E-state index in [-0.39, 0.29) is 11.5 Å². The molecule has 27 heavy (non-hydrogen) atoms. The summed E-state index contributed by atoms with van der Waals surface area (Å²) in [7, 11) is -3.68. The van der Waals surface area contributed by atoms with Crippen molar-refractivity contribution >= 4 is 16.1 Å². The molecule has 6 nitrogen and oxygen atoms in total. The molecule has 0 aromatic heterocycles. The lowest BCUT2D eigenvalue weighted by Gasteiger charge is -2.07. The number of carbonyl (C=O) groups is 1. The maximum Gasteiger partial charge on any atom is 0.320 e. The fraction of sp³-hybridized carbons (Fsp3) is 0.350. The van der Waals surface area contributed by atoms with E-state index in [4.69, 9.17) is 15.0 Å². The van der Waals surface area contributed by atoms with Crippen LogP contribution in [0.4, 0.5) is 0 Å². The van der Waals surface area contributed by atoms with Crippen molar-refractivity contribution in [1.29, 1.82) is 0 Å². The van der Waals surface area contributed by atoms with E-state index in [0.29, 0.717) is 12.3 Å². The zero-order valence-corrected chi connectivity index (χ0v) is 16.6. The van der Waals surface area contributed by atoms with Gasteiger partial charge in [0.2, 0.25) is 0 Å². The van der Waals surface area contributed by atoms with Gasteiger partial charge in [-0.3, -0.25) is 8.98 Å². The van der Waals surface area contributed by atoms with Gasteiger partial charge in [-0.1, -0.05) is 61.9 Å². The Bertz CT molecular complexity index is 802. The maximum absolute atomic E-state index is 11.9. The van der Waals surface area contributed by atoms with Gasteiger partial charge >= 0.3 is 5.97 Å². The van der Waals surface area contributed by atoms with Gasteiger partial charge in [-0.25, -0.2) is 0 Å². The minimum Gasteiger partial charge on any atom is -0.480 e. The van der Waals surface area contributed by atoms with Crippen LogP contribution < -0.4 is 5.73 Å². The van der Waals surface area contributed by atoms with Crippen molar-refractivity contribution < 1.29 is 22.5 Å². The average molecular weight is 394 g/mol. The number of rotatable bonds is 7. The van der Waals surface area contributed by atoms with Crippen molar-refractivity contribution in [3.63, 3.8) is 0 Å². The SMILES string of the molecule is CC(C)C[C@H](N)C(=O)O.Cc1ccc(S(=O)(=O)OCc2ccccc2)cc1. The first-order valence-electron chi connectivity index (χ1n) is 8.60. The van der Waals surface area contributed by atoms with Gasteiger partial charge in [-0.15, -0.1) is 0 Å². The van der Waals surface area contributed by atoms with Crippen LogP contribution in [0.15, 0.2) is 59.5 Å². The number of carboxylic acids is 1. The van der Waals surface area contributed by atoms with E-state index in [0.717, 1.165) is 11.1 Å². The van der Waals surface area contributed by atoms with Crippen molar-refractivity contribution in [3.8, 4) is 0 Å². The van der Waals surface area contributed by atoms with Crippen molar-refractivity contribution in [3.05, 3.63) is 65.7 Å². The second-order valence-electron chi connectivity index (χ2n) is 6.59. The second-order valence-corrected chi connectivity index (χ2v) is 8.20. The van der Waals surface area contributed by atoms with E-state index in [1.54, 1.807) is 24.3 Å². The normalized spacial score (nSPS) is 12.2. The van der Waals surface area contributed by atoms with Crippen LogP contribution >= 0.6 is 0 Å². The zero-order valence-electron chi connectivity index (χ0n) is 15.8. The molecular weight excluding hydrogens is 366 g/mol. The number of nitrogens with two attached hydrogens (primary N) is 1. The van der Waals surface area contributed by atoms with Gasteiger partial charge in [0.25, 0.3) is 10.1 Å². The maximum atomic E-state index is 11.9. The van der Waals surface area contributed by atoms with Gasteiger partial charge in [0.1, 0.15) is 6.04 Å². The Hall–Kier alpha value is -2.22. The van der Waals surface area contributed by atoms with Crippen LogP contribution in [0.3, 0.4) is 0 Å². The molecule has 2 aromatic rings. The molecule has 0 aliphatic heterocycles. The Morgan fingerprint density at radius 3 is 2.07 bits per heavy atom. The van der Waals surface area contributed by atoms with Crippen molar-refractivity contribution in [2.24, 2.45) is 11.7 Å². The minimum atomic E-state index is -3.68. The first kappa shape index (κ1) is 22.8. The highest BCUT2D eigenvalue weighted by atomic mass is 32.2. The summed E-state index contributed by atoms with van der Waals surface area (Å²) in [5.41, 5.74) is 7.06. The third-order valence-corrected chi connectivity index (χ3v) is 4.85. The van der Waals surface area contributed by atoms with E-state index in [2.05, 4.69) is 0 Å². The number of hydrogen-bond acceptors (Lipinski definition) is 5. The molecule has 1 atom stereocenters. The first-order valence-corrected chi connectivity index (χ1v) is 10.0. The van der Waals surface area contributed by atoms with Crippen LogP contribution in [0.25, 0.3) is 0 Å². The molecule has 2 aromatic carbocycles. The molecule has 0 spiro atoms. The highest BCUT2D eigenvalue weighted by molar-refractivity contribution is 7.86. The van der Waals surface area contributed by atoms with Gasteiger partial charge in [0.15, 0.2) is 0 Å². The highest BCUT2D eigenvalue weighted by Crippen LogP contribution is 2.15. The monoisotopic (exact) mass is 393 g/mol. The molecule has 7 heteroatoms. The summed E-state index contributed by atoms with van der Waals surface area (Å²) in [6, 6.07) is 15.1. The van der Waals surface area contributed by atoms with Crippen LogP contribution in [0.2, 0.25) is 0 Å². The van der Waals surface area contributed by atoms with Crippen LogP contribution in [-0.2, 0) is 25.7 Å². The average Bonchev–Trinajstić information content (AvgIpc) is 2.61. The van der Waals surface area contributed by atoms with E-state index < -0.39 is 22.1 Å². The molecule has 0 heterocycles. The van der Waals surface area contributed by atoms with E-state index in [9.17, 15) is 13.2 Å². The van der Waals surface area contributed by atoms with Gasteiger partial charge in [0, 0.05) is 0 Å². The lowest BCUT2D eigenvalue weighted by Crippen LogP contribution is -2.31. The van der Waals surface area contributed by atoms with Gasteiger partial charge in [-0.2, -0.15) is 8.42 Å². The number of carboxylic acid groups (broad SMARTS) is 1. The standard InChI is InChI=1S/C14H14O3S.C6H13NO2/c1-12-7-9-14(10-8-12)18(15,16)17-11-13-5-3-2-4-6-13;1-4(2)3-5(7)6(8)9/h2-10H,11H2,1H3;4-5H,3,7H2,1-2H3,(H,8,9)/t;5-/m.0/s1. The van der Waals surface area contributed by atoms with Gasteiger partial charge in [0.05, 0.1) is 11.5 Å². The predicted octanol–water partition coefficient (Wildman–Crippen LogP) is 3.34. The third-order valence-electron chi connectivity index (χ3n) is 3.58. The van der Waals surface area contributed by atoms with E-state index in [1.807, 2.05) is 51.1 Å². The topological polar surface area (TPSA) is 107 Å². The molecule has 0 radical (unpaired) electrons. The molecule has 148 valence electrons.